The van der Waals surface area contributed by atoms with Crippen LogP contribution in [0.1, 0.15) is 0 Å². The van der Waals surface area contributed by atoms with E-state index in [0.717, 1.165) is 12.2 Å². The molecule has 0 aromatic heterocycles. The van der Waals surface area contributed by atoms with Crippen LogP contribution < -0.4 is 0 Å². The molecule has 0 aliphatic carbocycles. The minimum absolute atomic E-state index is 0.00174. The smallest absolute Gasteiger partial charge is 0.113 e. The molecule has 0 fully saturated rings. The Labute approximate surface area is 65.2 Å². The Morgan fingerprint density at radius 2 is 2.45 bits per heavy atom. The maximum absolute atomic E-state index is 4.29. The van der Waals surface area contributed by atoms with Crippen LogP contribution >= 0.6 is 0 Å². The van der Waals surface area contributed by atoms with Gasteiger partial charge in [-0.15, -0.1) is 0 Å². The van der Waals surface area contributed by atoms with Crippen molar-refractivity contribution in [3.63, 3.8) is 0 Å². The van der Waals surface area contributed by atoms with Crippen molar-refractivity contribution in [3.8, 4) is 0 Å². The zero-order valence-electron chi connectivity index (χ0n) is 6.07. The first-order valence-corrected chi connectivity index (χ1v) is 3.80. The Kier molecular flexibility index (Phi) is 0.716. The molecule has 2 heteroatoms. The van der Waals surface area contributed by atoms with Crippen molar-refractivity contribution < 1.29 is 0 Å². The van der Waals surface area contributed by atoms with E-state index < -0.39 is 0 Å². The number of hydrogen-bond donors (Lipinski definition) is 0. The molecule has 54 valence electrons. The van der Waals surface area contributed by atoms with Crippen molar-refractivity contribution in [1.29, 1.82) is 0 Å². The first-order valence-electron chi connectivity index (χ1n) is 3.80. The number of nitrogens with zero attached hydrogens (tertiary/aromatic N) is 2. The summed E-state index contributed by atoms with van der Waals surface area (Å²) in [5.41, 5.74) is 1.07. The molecule has 2 nitrogen and oxygen atoms in total. The summed E-state index contributed by atoms with van der Waals surface area (Å²) in [7, 11) is 0. The fourth-order valence-corrected chi connectivity index (χ4v) is 1.76. The molecule has 4 rings (SSSR count). The number of aliphatic imine (C=N–C) groups is 1. The van der Waals surface area contributed by atoms with Gasteiger partial charge in [-0.25, -0.2) is 0 Å². The molecule has 0 aromatic carbocycles. The van der Waals surface area contributed by atoms with Gasteiger partial charge in [0.15, 0.2) is 0 Å². The number of dihydropyridines is 1. The Bertz CT molecular complexity index is 304. The van der Waals surface area contributed by atoms with Crippen molar-refractivity contribution in [1.82, 2.24) is 4.90 Å². The highest BCUT2D eigenvalue weighted by molar-refractivity contribution is 5.82. The molecule has 4 aliphatic heterocycles. The van der Waals surface area contributed by atoms with Gasteiger partial charge in [0.25, 0.3) is 0 Å². The van der Waals surface area contributed by atoms with Crippen LogP contribution in [0.5, 0.6) is 0 Å². The maximum atomic E-state index is 4.29. The molecule has 0 N–H and O–H groups in total. The normalized spacial score (nSPS) is 36.4. The summed E-state index contributed by atoms with van der Waals surface area (Å²) >= 11 is 0. The Morgan fingerprint density at radius 1 is 1.45 bits per heavy atom. The maximum Gasteiger partial charge on any atom is 0.113 e. The molecule has 4 aliphatic rings. The number of allylic oxidation sites excluding steroid dienone is 1. The van der Waals surface area contributed by atoms with E-state index in [0.29, 0.717) is 0 Å². The van der Waals surface area contributed by atoms with Crippen LogP contribution in [-0.2, 0) is 0 Å². The largest absolute Gasteiger partial charge is 0.354 e. The molecule has 1 atom stereocenters. The van der Waals surface area contributed by atoms with Crippen LogP contribution in [0.25, 0.3) is 0 Å². The average Bonchev–Trinajstić information content (AvgIpc) is 2.47. The van der Waals surface area contributed by atoms with Gasteiger partial charge in [0, 0.05) is 19.0 Å². The predicted molar refractivity (Wildman–Crippen MR) is 44.3 cm³/mol. The second kappa shape index (κ2) is 1.47. The Hall–Kier alpha value is -1.31. The van der Waals surface area contributed by atoms with Gasteiger partial charge < -0.3 is 4.90 Å². The highest BCUT2D eigenvalue weighted by atomic mass is 15.2. The van der Waals surface area contributed by atoms with Gasteiger partial charge in [0.2, 0.25) is 0 Å². The third-order valence-electron chi connectivity index (χ3n) is 2.41. The summed E-state index contributed by atoms with van der Waals surface area (Å²) in [6, 6.07) is 0. The minimum atomic E-state index is 0.00174. The molecule has 0 radical (unpaired) electrons. The summed E-state index contributed by atoms with van der Waals surface area (Å²) < 4.78 is 0. The van der Waals surface area contributed by atoms with Gasteiger partial charge in [-0.1, -0.05) is 12.2 Å². The second-order valence-corrected chi connectivity index (χ2v) is 3.09. The Morgan fingerprint density at radius 3 is 3.18 bits per heavy atom. The molecule has 2 bridgehead atoms. The molecule has 11 heavy (non-hydrogen) atoms. The molecular formula is C9H8N2. The van der Waals surface area contributed by atoms with Crippen LogP contribution in [0.2, 0.25) is 0 Å². The summed E-state index contributed by atoms with van der Waals surface area (Å²) in [5.74, 6) is 0. The number of rotatable bonds is 0. The molecule has 0 saturated heterocycles. The van der Waals surface area contributed by atoms with Crippen LogP contribution in [0.4, 0.5) is 0 Å². The van der Waals surface area contributed by atoms with Crippen LogP contribution in [0.3, 0.4) is 0 Å². The van der Waals surface area contributed by atoms with Gasteiger partial charge in [-0.05, 0) is 12.2 Å². The SMILES string of the molecule is C1=C[C@@]23C=CC(=CN2C1)N=C3. The molecule has 1 spiro atoms. The van der Waals surface area contributed by atoms with E-state index in [9.17, 15) is 0 Å². The third-order valence-corrected chi connectivity index (χ3v) is 2.41. The second-order valence-electron chi connectivity index (χ2n) is 3.09. The number of hydrogen-bond acceptors (Lipinski definition) is 2. The van der Waals surface area contributed by atoms with E-state index in [-0.39, 0.29) is 5.54 Å². The van der Waals surface area contributed by atoms with E-state index >= 15 is 0 Å². The quantitative estimate of drug-likeness (QED) is 0.465. The summed E-state index contributed by atoms with van der Waals surface area (Å²) in [4.78, 5) is 6.57. The zero-order chi connectivity index (χ0) is 7.31. The van der Waals surface area contributed by atoms with Crippen LogP contribution in [0.15, 0.2) is 41.2 Å². The highest BCUT2D eigenvalue weighted by Gasteiger charge is 2.36. The summed E-state index contributed by atoms with van der Waals surface area (Å²) in [5, 5.41) is 0. The highest BCUT2D eigenvalue weighted by Crippen LogP contribution is 2.32. The van der Waals surface area contributed by atoms with E-state index in [2.05, 4.69) is 40.4 Å². The lowest BCUT2D eigenvalue weighted by molar-refractivity contribution is 0.359. The van der Waals surface area contributed by atoms with Gasteiger partial charge in [0.1, 0.15) is 5.54 Å². The molecule has 0 aromatic rings. The monoisotopic (exact) mass is 144 g/mol. The molecule has 0 unspecified atom stereocenters. The van der Waals surface area contributed by atoms with Crippen LogP contribution in [-0.4, -0.2) is 23.2 Å². The third kappa shape index (κ3) is 0.507. The Balaban J connectivity index is 2.24. The van der Waals surface area contributed by atoms with Crippen molar-refractivity contribution in [2.45, 2.75) is 5.54 Å². The lowest BCUT2D eigenvalue weighted by Gasteiger charge is -2.37. The molecule has 0 amide bonds. The van der Waals surface area contributed by atoms with Gasteiger partial charge >= 0.3 is 0 Å². The van der Waals surface area contributed by atoms with E-state index in [1.807, 2.05) is 6.21 Å². The fourth-order valence-electron chi connectivity index (χ4n) is 1.76. The first-order chi connectivity index (χ1) is 5.39. The predicted octanol–water partition coefficient (Wildman–Crippen LogP) is 1.09. The van der Waals surface area contributed by atoms with Gasteiger partial charge in [-0.3, -0.25) is 4.99 Å². The van der Waals surface area contributed by atoms with E-state index in [4.69, 9.17) is 0 Å². The van der Waals surface area contributed by atoms with Crippen molar-refractivity contribution in [3.05, 3.63) is 36.2 Å². The lowest BCUT2D eigenvalue weighted by Crippen LogP contribution is -2.44. The molecular weight excluding hydrogens is 136 g/mol. The van der Waals surface area contributed by atoms with Gasteiger partial charge in [0.05, 0.1) is 5.70 Å². The summed E-state index contributed by atoms with van der Waals surface area (Å²) in [6.45, 7) is 1.01. The molecule has 4 heterocycles. The molecule has 0 saturated carbocycles. The standard InChI is InChI=1S/C9H8N2/c1-3-9-4-2-8(10-7-9)6-11(9)5-1/h1-4,6-7H,5H2/t9-/m0/s1. The topological polar surface area (TPSA) is 15.6 Å². The average molecular weight is 144 g/mol. The lowest BCUT2D eigenvalue weighted by atomic mass is 9.95. The van der Waals surface area contributed by atoms with Crippen molar-refractivity contribution in [2.75, 3.05) is 6.54 Å². The van der Waals surface area contributed by atoms with Gasteiger partial charge in [-0.2, -0.15) is 0 Å². The first kappa shape index (κ1) is 5.35. The fraction of sp³-hybridized carbons (Fsp3) is 0.222. The zero-order valence-corrected chi connectivity index (χ0v) is 6.07. The van der Waals surface area contributed by atoms with Crippen molar-refractivity contribution in [2.24, 2.45) is 4.99 Å². The minimum Gasteiger partial charge on any atom is -0.354 e. The van der Waals surface area contributed by atoms with E-state index in [1.54, 1.807) is 0 Å². The van der Waals surface area contributed by atoms with Crippen molar-refractivity contribution >= 4 is 6.21 Å². The summed E-state index contributed by atoms with van der Waals surface area (Å²) in [6.07, 6.45) is 12.8. The van der Waals surface area contributed by atoms with Crippen LogP contribution in [0, 0.1) is 0 Å². The van der Waals surface area contributed by atoms with E-state index in [1.165, 1.54) is 0 Å².